The number of aromatic amines is 1. The monoisotopic (exact) mass is 250 g/mol. The van der Waals surface area contributed by atoms with Crippen LogP contribution in [0.5, 0.6) is 0 Å². The smallest absolute Gasteiger partial charge is 0.251 e. The Balaban J connectivity index is 2.52. The van der Waals surface area contributed by atoms with Crippen molar-refractivity contribution in [2.45, 2.75) is 19.8 Å². The van der Waals surface area contributed by atoms with Crippen molar-refractivity contribution in [2.75, 3.05) is 0 Å². The minimum absolute atomic E-state index is 0.185. The summed E-state index contributed by atoms with van der Waals surface area (Å²) in [5.74, 6) is -1.22. The second-order valence-corrected chi connectivity index (χ2v) is 3.99. The maximum absolute atomic E-state index is 13.1. The minimum Gasteiger partial charge on any atom is -0.307 e. The van der Waals surface area contributed by atoms with Crippen molar-refractivity contribution < 1.29 is 8.78 Å². The Morgan fingerprint density at radius 2 is 1.83 bits per heavy atom. The van der Waals surface area contributed by atoms with Crippen LogP contribution < -0.4 is 5.56 Å². The first kappa shape index (κ1) is 12.4. The lowest BCUT2D eigenvalue weighted by Crippen LogP contribution is -2.10. The summed E-state index contributed by atoms with van der Waals surface area (Å²) in [6.45, 7) is 1.96. The molecule has 0 unspecified atom stereocenters. The normalized spacial score (nSPS) is 10.6. The molecule has 1 N–H and O–H groups in total. The van der Waals surface area contributed by atoms with Crippen molar-refractivity contribution in [1.29, 1.82) is 0 Å². The fourth-order valence-electron chi connectivity index (χ4n) is 1.72. The first-order valence-corrected chi connectivity index (χ1v) is 5.65. The third-order valence-corrected chi connectivity index (χ3v) is 2.44. The third kappa shape index (κ3) is 2.80. The zero-order valence-electron chi connectivity index (χ0n) is 9.84. The molecule has 3 nitrogen and oxygen atoms in total. The van der Waals surface area contributed by atoms with E-state index in [9.17, 15) is 13.6 Å². The van der Waals surface area contributed by atoms with Crippen LogP contribution in [0.15, 0.2) is 29.1 Å². The van der Waals surface area contributed by atoms with E-state index in [-0.39, 0.29) is 16.9 Å². The van der Waals surface area contributed by atoms with E-state index in [1.165, 1.54) is 6.07 Å². The van der Waals surface area contributed by atoms with Gasteiger partial charge in [0, 0.05) is 23.4 Å². The Kier molecular flexibility index (Phi) is 3.50. The Morgan fingerprint density at radius 3 is 2.44 bits per heavy atom. The van der Waals surface area contributed by atoms with Crippen LogP contribution in [0.2, 0.25) is 0 Å². The predicted molar refractivity (Wildman–Crippen MR) is 64.2 cm³/mol. The molecule has 0 fully saturated rings. The Morgan fingerprint density at radius 1 is 1.17 bits per heavy atom. The number of hydrogen-bond acceptors (Lipinski definition) is 2. The number of rotatable bonds is 3. The summed E-state index contributed by atoms with van der Waals surface area (Å²) in [7, 11) is 0. The lowest BCUT2D eigenvalue weighted by molar-refractivity contribution is 0.584. The molecule has 2 aromatic rings. The van der Waals surface area contributed by atoms with Gasteiger partial charge in [-0.15, -0.1) is 0 Å². The average molecular weight is 250 g/mol. The highest BCUT2D eigenvalue weighted by Gasteiger charge is 2.07. The number of benzene rings is 1. The van der Waals surface area contributed by atoms with Crippen LogP contribution >= 0.6 is 0 Å². The molecule has 0 aliphatic heterocycles. The van der Waals surface area contributed by atoms with Gasteiger partial charge in [-0.2, -0.15) is 0 Å². The van der Waals surface area contributed by atoms with Crippen LogP contribution in [-0.2, 0) is 6.42 Å². The molecule has 2 rings (SSSR count). The molecule has 5 heteroatoms. The maximum atomic E-state index is 13.1. The average Bonchev–Trinajstić information content (AvgIpc) is 2.27. The van der Waals surface area contributed by atoms with Gasteiger partial charge in [0.05, 0.1) is 0 Å². The Hall–Kier alpha value is -2.04. The van der Waals surface area contributed by atoms with Gasteiger partial charge in [0.15, 0.2) is 0 Å². The number of nitrogens with one attached hydrogen (secondary N) is 1. The van der Waals surface area contributed by atoms with Crippen LogP contribution in [0.3, 0.4) is 0 Å². The summed E-state index contributed by atoms with van der Waals surface area (Å²) in [5.41, 5.74) is 0.511. The van der Waals surface area contributed by atoms with Crippen molar-refractivity contribution >= 4 is 0 Å². The first-order valence-electron chi connectivity index (χ1n) is 5.65. The molecule has 1 aromatic heterocycles. The highest BCUT2D eigenvalue weighted by Crippen LogP contribution is 2.17. The van der Waals surface area contributed by atoms with Gasteiger partial charge >= 0.3 is 0 Å². The van der Waals surface area contributed by atoms with Gasteiger partial charge in [0.25, 0.3) is 5.56 Å². The molecule has 0 saturated heterocycles. The second-order valence-electron chi connectivity index (χ2n) is 3.99. The fourth-order valence-corrected chi connectivity index (χ4v) is 1.72. The maximum Gasteiger partial charge on any atom is 0.251 e. The van der Waals surface area contributed by atoms with Gasteiger partial charge in [-0.1, -0.05) is 13.3 Å². The summed E-state index contributed by atoms with van der Waals surface area (Å²) in [4.78, 5) is 18.1. The van der Waals surface area contributed by atoms with Crippen LogP contribution in [0, 0.1) is 11.6 Å². The van der Waals surface area contributed by atoms with Crippen molar-refractivity contribution in [3.8, 4) is 11.4 Å². The molecule has 0 radical (unpaired) electrons. The molecular formula is C13H12F2N2O. The molecule has 0 aliphatic rings. The number of aryl methyl sites for hydroxylation is 1. The van der Waals surface area contributed by atoms with Crippen molar-refractivity contribution in [1.82, 2.24) is 9.97 Å². The molecule has 0 bridgehead atoms. The van der Waals surface area contributed by atoms with Crippen LogP contribution in [0.25, 0.3) is 11.4 Å². The number of aromatic nitrogens is 2. The van der Waals surface area contributed by atoms with Gasteiger partial charge in [0.1, 0.15) is 17.5 Å². The lowest BCUT2D eigenvalue weighted by Gasteiger charge is -2.04. The molecule has 0 atom stereocenters. The highest BCUT2D eigenvalue weighted by atomic mass is 19.1. The van der Waals surface area contributed by atoms with Gasteiger partial charge < -0.3 is 4.98 Å². The van der Waals surface area contributed by atoms with Crippen molar-refractivity contribution in [3.63, 3.8) is 0 Å². The van der Waals surface area contributed by atoms with Gasteiger partial charge in [-0.25, -0.2) is 13.8 Å². The second kappa shape index (κ2) is 5.08. The summed E-state index contributed by atoms with van der Waals surface area (Å²) in [6, 6.07) is 4.44. The molecule has 1 aromatic carbocycles. The van der Waals surface area contributed by atoms with E-state index in [0.717, 1.165) is 24.6 Å². The standard InChI is InChI=1S/C13H12F2N2O/c1-2-3-11-7-12(18)17-13(16-11)8-4-9(14)6-10(15)5-8/h4-7H,2-3H2,1H3,(H,16,17,18). The van der Waals surface area contributed by atoms with E-state index >= 15 is 0 Å². The summed E-state index contributed by atoms with van der Waals surface area (Å²) >= 11 is 0. The zero-order valence-corrected chi connectivity index (χ0v) is 9.84. The van der Waals surface area contributed by atoms with Gasteiger partial charge in [-0.05, 0) is 18.6 Å². The first-order chi connectivity index (χ1) is 8.58. The zero-order chi connectivity index (χ0) is 13.1. The summed E-state index contributed by atoms with van der Waals surface area (Å²) in [5, 5.41) is 0. The van der Waals surface area contributed by atoms with E-state index in [1.54, 1.807) is 0 Å². The van der Waals surface area contributed by atoms with Crippen molar-refractivity contribution in [2.24, 2.45) is 0 Å². The Bertz CT molecular complexity index is 602. The Labute approximate surface area is 103 Å². The van der Waals surface area contributed by atoms with E-state index in [2.05, 4.69) is 9.97 Å². The van der Waals surface area contributed by atoms with Crippen molar-refractivity contribution in [3.05, 3.63) is 51.9 Å². The molecule has 0 saturated carbocycles. The van der Waals surface area contributed by atoms with Crippen LogP contribution in [-0.4, -0.2) is 9.97 Å². The SMILES string of the molecule is CCCc1cc(=O)[nH]c(-c2cc(F)cc(F)c2)n1. The van der Waals surface area contributed by atoms with Gasteiger partial charge in [-0.3, -0.25) is 4.79 Å². The number of halogens is 2. The quantitative estimate of drug-likeness (QED) is 0.910. The topological polar surface area (TPSA) is 45.8 Å². The fraction of sp³-hybridized carbons (Fsp3) is 0.231. The molecule has 0 aliphatic carbocycles. The molecule has 0 amide bonds. The number of nitrogens with zero attached hydrogens (tertiary/aromatic N) is 1. The molecule has 0 spiro atoms. The lowest BCUT2D eigenvalue weighted by atomic mass is 10.2. The van der Waals surface area contributed by atoms with E-state index in [1.807, 2.05) is 6.92 Å². The summed E-state index contributed by atoms with van der Waals surface area (Å²) < 4.78 is 26.2. The minimum atomic E-state index is -0.700. The third-order valence-electron chi connectivity index (χ3n) is 2.44. The number of H-pyrrole nitrogens is 1. The highest BCUT2D eigenvalue weighted by molar-refractivity contribution is 5.54. The number of hydrogen-bond donors (Lipinski definition) is 1. The molecule has 94 valence electrons. The molecular weight excluding hydrogens is 238 g/mol. The van der Waals surface area contributed by atoms with Crippen LogP contribution in [0.1, 0.15) is 19.0 Å². The summed E-state index contributed by atoms with van der Waals surface area (Å²) in [6.07, 6.45) is 1.49. The largest absolute Gasteiger partial charge is 0.307 e. The van der Waals surface area contributed by atoms with E-state index in [0.29, 0.717) is 12.1 Å². The van der Waals surface area contributed by atoms with E-state index in [4.69, 9.17) is 0 Å². The predicted octanol–water partition coefficient (Wildman–Crippen LogP) is 2.67. The molecule has 1 heterocycles. The van der Waals surface area contributed by atoms with Crippen LogP contribution in [0.4, 0.5) is 8.78 Å². The van der Waals surface area contributed by atoms with E-state index < -0.39 is 11.6 Å². The molecule has 18 heavy (non-hydrogen) atoms. The van der Waals surface area contributed by atoms with Gasteiger partial charge in [0.2, 0.25) is 0 Å².